The third kappa shape index (κ3) is 4.63. The van der Waals surface area contributed by atoms with Crippen LogP contribution in [0, 0.1) is 0 Å². The van der Waals surface area contributed by atoms with Gasteiger partial charge in [0, 0.05) is 12.4 Å². The van der Waals surface area contributed by atoms with Gasteiger partial charge < -0.3 is 15.6 Å². The number of nitrogen functional groups attached to an aromatic ring is 1. The Labute approximate surface area is 98.7 Å². The van der Waals surface area contributed by atoms with Crippen LogP contribution in [-0.4, -0.2) is 38.5 Å². The highest BCUT2D eigenvalue weighted by atomic mass is 32.2. The maximum Gasteiger partial charge on any atom is 0.322 e. The molecule has 0 amide bonds. The number of thioether (sulfide) groups is 1. The van der Waals surface area contributed by atoms with Crippen molar-refractivity contribution in [3.8, 4) is 6.01 Å². The molecule has 0 aliphatic rings. The first-order valence-corrected chi connectivity index (χ1v) is 6.02. The minimum absolute atomic E-state index is 0.00269. The summed E-state index contributed by atoms with van der Waals surface area (Å²) in [6, 6.07) is 0.244. The van der Waals surface area contributed by atoms with Gasteiger partial charge in [-0.15, -0.1) is 0 Å². The summed E-state index contributed by atoms with van der Waals surface area (Å²) in [5.41, 5.74) is 5.53. The molecule has 90 valence electrons. The van der Waals surface area contributed by atoms with Gasteiger partial charge in [-0.2, -0.15) is 15.0 Å². The fourth-order valence-electron chi connectivity index (χ4n) is 0.909. The fraction of sp³-hybridized carbons (Fsp3) is 0.667. The number of aromatic nitrogens is 3. The van der Waals surface area contributed by atoms with Crippen LogP contribution in [0.2, 0.25) is 0 Å². The maximum atomic E-state index is 8.66. The second-order valence-corrected chi connectivity index (χ2v) is 4.41. The van der Waals surface area contributed by atoms with Gasteiger partial charge in [-0.3, -0.25) is 0 Å². The zero-order valence-corrected chi connectivity index (χ0v) is 10.2. The number of aliphatic hydroxyl groups is 1. The molecule has 0 aromatic carbocycles. The van der Waals surface area contributed by atoms with Gasteiger partial charge in [-0.25, -0.2) is 0 Å². The van der Waals surface area contributed by atoms with Crippen LogP contribution in [0.3, 0.4) is 0 Å². The molecule has 0 bridgehead atoms. The van der Waals surface area contributed by atoms with Gasteiger partial charge in [0.15, 0.2) is 5.16 Å². The second kappa shape index (κ2) is 6.49. The molecule has 16 heavy (non-hydrogen) atoms. The molecule has 0 fully saturated rings. The number of nitrogens with zero attached hydrogens (tertiary/aromatic N) is 3. The predicted octanol–water partition coefficient (Wildman–Crippen LogP) is 0.716. The normalized spacial score (nSPS) is 10.8. The summed E-state index contributed by atoms with van der Waals surface area (Å²) in [5.74, 6) is 0.887. The number of aliphatic hydroxyl groups excluding tert-OH is 1. The average Bonchev–Trinajstić information content (AvgIpc) is 2.16. The summed E-state index contributed by atoms with van der Waals surface area (Å²) in [4.78, 5) is 11.9. The van der Waals surface area contributed by atoms with Crippen LogP contribution in [0.5, 0.6) is 6.01 Å². The Hall–Kier alpha value is -1.08. The van der Waals surface area contributed by atoms with Gasteiger partial charge in [0.05, 0.1) is 6.10 Å². The molecule has 0 radical (unpaired) electrons. The summed E-state index contributed by atoms with van der Waals surface area (Å²) in [6.07, 6.45) is 0.688. The van der Waals surface area contributed by atoms with Crippen LogP contribution in [0.15, 0.2) is 5.16 Å². The van der Waals surface area contributed by atoms with Crippen LogP contribution in [-0.2, 0) is 0 Å². The first kappa shape index (κ1) is 13.0. The van der Waals surface area contributed by atoms with E-state index in [4.69, 9.17) is 15.6 Å². The third-order valence-electron chi connectivity index (χ3n) is 1.49. The molecule has 0 unspecified atom stereocenters. The van der Waals surface area contributed by atoms with E-state index in [0.29, 0.717) is 11.6 Å². The highest BCUT2D eigenvalue weighted by molar-refractivity contribution is 7.99. The summed E-state index contributed by atoms with van der Waals surface area (Å²) in [5, 5.41) is 9.18. The van der Waals surface area contributed by atoms with E-state index in [1.54, 1.807) is 0 Å². The van der Waals surface area contributed by atoms with E-state index in [1.807, 2.05) is 13.8 Å². The van der Waals surface area contributed by atoms with E-state index >= 15 is 0 Å². The Balaban J connectivity index is 2.65. The van der Waals surface area contributed by atoms with Crippen molar-refractivity contribution in [2.24, 2.45) is 0 Å². The van der Waals surface area contributed by atoms with E-state index in [-0.39, 0.29) is 24.7 Å². The van der Waals surface area contributed by atoms with Crippen molar-refractivity contribution >= 4 is 17.7 Å². The van der Waals surface area contributed by atoms with Gasteiger partial charge >= 0.3 is 6.01 Å². The highest BCUT2D eigenvalue weighted by Crippen LogP contribution is 2.17. The molecule has 7 heteroatoms. The van der Waals surface area contributed by atoms with Crippen molar-refractivity contribution in [3.63, 3.8) is 0 Å². The molecule has 1 aromatic rings. The Kier molecular flexibility index (Phi) is 5.27. The summed E-state index contributed by atoms with van der Waals surface area (Å²) in [7, 11) is 0. The first-order valence-electron chi connectivity index (χ1n) is 5.03. The topological polar surface area (TPSA) is 94.2 Å². The largest absolute Gasteiger partial charge is 0.461 e. The Morgan fingerprint density at radius 1 is 1.38 bits per heavy atom. The number of ether oxygens (including phenoxy) is 1. The molecule has 0 atom stereocenters. The van der Waals surface area contributed by atoms with Crippen LogP contribution in [0.4, 0.5) is 5.95 Å². The third-order valence-corrected chi connectivity index (χ3v) is 2.42. The number of rotatable bonds is 6. The first-order chi connectivity index (χ1) is 7.61. The Bertz CT molecular complexity index is 335. The summed E-state index contributed by atoms with van der Waals surface area (Å²) < 4.78 is 5.34. The maximum absolute atomic E-state index is 8.66. The Morgan fingerprint density at radius 3 is 2.75 bits per heavy atom. The molecule has 3 N–H and O–H groups in total. The highest BCUT2D eigenvalue weighted by Gasteiger charge is 2.07. The molecule has 6 nitrogen and oxygen atoms in total. The lowest BCUT2D eigenvalue weighted by Crippen LogP contribution is -2.11. The van der Waals surface area contributed by atoms with E-state index in [0.717, 1.165) is 5.75 Å². The van der Waals surface area contributed by atoms with Crippen LogP contribution < -0.4 is 10.5 Å². The molecule has 0 spiro atoms. The minimum atomic E-state index is -0.00269. The van der Waals surface area contributed by atoms with Crippen LogP contribution >= 0.6 is 11.8 Å². The molecule has 1 heterocycles. The summed E-state index contributed by atoms with van der Waals surface area (Å²) >= 11 is 1.42. The van der Waals surface area contributed by atoms with E-state index in [2.05, 4.69) is 15.0 Å². The van der Waals surface area contributed by atoms with Gasteiger partial charge in [-0.1, -0.05) is 11.8 Å². The second-order valence-electron chi connectivity index (χ2n) is 3.35. The molecule has 0 aliphatic heterocycles. The van der Waals surface area contributed by atoms with Gasteiger partial charge in [0.2, 0.25) is 5.95 Å². The minimum Gasteiger partial charge on any atom is -0.461 e. The Morgan fingerprint density at radius 2 is 2.12 bits per heavy atom. The van der Waals surface area contributed by atoms with Crippen molar-refractivity contribution in [2.75, 3.05) is 18.1 Å². The number of anilines is 1. The smallest absolute Gasteiger partial charge is 0.322 e. The van der Waals surface area contributed by atoms with Gasteiger partial charge in [0.1, 0.15) is 0 Å². The van der Waals surface area contributed by atoms with Crippen molar-refractivity contribution in [2.45, 2.75) is 31.5 Å². The molecular formula is C9H16N4O2S. The van der Waals surface area contributed by atoms with Crippen molar-refractivity contribution in [1.82, 2.24) is 15.0 Å². The van der Waals surface area contributed by atoms with E-state index < -0.39 is 0 Å². The molecule has 0 saturated heterocycles. The molecule has 1 aromatic heterocycles. The quantitative estimate of drug-likeness (QED) is 0.562. The van der Waals surface area contributed by atoms with Crippen molar-refractivity contribution in [3.05, 3.63) is 0 Å². The molecule has 1 rings (SSSR count). The van der Waals surface area contributed by atoms with E-state index in [9.17, 15) is 0 Å². The fourth-order valence-corrected chi connectivity index (χ4v) is 1.67. The molecule has 0 aliphatic carbocycles. The number of nitrogens with two attached hydrogens (primary N) is 1. The SMILES string of the molecule is CC(C)Oc1nc(N)nc(SCCCO)n1. The monoisotopic (exact) mass is 244 g/mol. The molecule has 0 saturated carbocycles. The van der Waals surface area contributed by atoms with Gasteiger partial charge in [0.25, 0.3) is 0 Å². The lowest BCUT2D eigenvalue weighted by atomic mass is 10.5. The zero-order valence-electron chi connectivity index (χ0n) is 9.38. The number of hydrogen-bond donors (Lipinski definition) is 2. The van der Waals surface area contributed by atoms with Gasteiger partial charge in [-0.05, 0) is 20.3 Å². The summed E-state index contributed by atoms with van der Waals surface area (Å²) in [6.45, 7) is 3.93. The molecular weight excluding hydrogens is 228 g/mol. The predicted molar refractivity (Wildman–Crippen MR) is 62.4 cm³/mol. The zero-order chi connectivity index (χ0) is 12.0. The van der Waals surface area contributed by atoms with Crippen LogP contribution in [0.1, 0.15) is 20.3 Å². The lowest BCUT2D eigenvalue weighted by Gasteiger charge is -2.08. The lowest BCUT2D eigenvalue weighted by molar-refractivity contribution is 0.219. The van der Waals surface area contributed by atoms with Crippen molar-refractivity contribution in [1.29, 1.82) is 0 Å². The van der Waals surface area contributed by atoms with Crippen LogP contribution in [0.25, 0.3) is 0 Å². The van der Waals surface area contributed by atoms with E-state index in [1.165, 1.54) is 11.8 Å². The average molecular weight is 244 g/mol. The number of hydrogen-bond acceptors (Lipinski definition) is 7. The standard InChI is InChI=1S/C9H16N4O2S/c1-6(2)15-8-11-7(10)12-9(13-8)16-5-3-4-14/h6,14H,3-5H2,1-2H3,(H2,10,11,12,13). The van der Waals surface area contributed by atoms with Crippen molar-refractivity contribution < 1.29 is 9.84 Å².